The number of fused-ring (bicyclic) bond motifs is 1. The molecule has 92 valence electrons. The number of hydrogen-bond donors (Lipinski definition) is 0. The molecule has 2 aromatic carbocycles. The maximum atomic E-state index is 12.9. The summed E-state index contributed by atoms with van der Waals surface area (Å²) in [7, 11) is 0. The minimum Gasteiger partial charge on any atom is -0.364 e. The molecule has 3 rings (SSSR count). The van der Waals surface area contributed by atoms with Gasteiger partial charge in [0.25, 0.3) is 0 Å². The van der Waals surface area contributed by atoms with E-state index in [4.69, 9.17) is 0 Å². The van der Waals surface area contributed by atoms with Crippen molar-refractivity contribution >= 4 is 5.69 Å². The molecule has 0 saturated heterocycles. The van der Waals surface area contributed by atoms with Crippen molar-refractivity contribution < 1.29 is 4.39 Å². The highest BCUT2D eigenvalue weighted by atomic mass is 19.1. The van der Waals surface area contributed by atoms with E-state index in [0.717, 1.165) is 18.5 Å². The third kappa shape index (κ3) is 1.99. The molecule has 0 saturated carbocycles. The van der Waals surface area contributed by atoms with E-state index >= 15 is 0 Å². The van der Waals surface area contributed by atoms with Crippen LogP contribution in [0.25, 0.3) is 0 Å². The minimum absolute atomic E-state index is 0.173. The van der Waals surface area contributed by atoms with Crippen LogP contribution in [0.4, 0.5) is 10.1 Å². The van der Waals surface area contributed by atoms with Crippen LogP contribution in [0.15, 0.2) is 48.5 Å². The predicted molar refractivity (Wildman–Crippen MR) is 72.2 cm³/mol. The second-order valence-electron chi connectivity index (χ2n) is 4.94. The molecule has 1 unspecified atom stereocenters. The van der Waals surface area contributed by atoms with Crippen LogP contribution < -0.4 is 4.90 Å². The van der Waals surface area contributed by atoms with Gasteiger partial charge in [0.1, 0.15) is 5.82 Å². The standard InChI is InChI=1S/C16H16FN/c1-12-10-14-4-2-3-5-16(14)18(12)11-13-6-8-15(17)9-7-13/h2-9,12H,10-11H2,1H3. The molecular formula is C16H16FN. The average molecular weight is 241 g/mol. The molecule has 18 heavy (non-hydrogen) atoms. The molecule has 0 radical (unpaired) electrons. The fourth-order valence-electron chi connectivity index (χ4n) is 2.66. The second kappa shape index (κ2) is 4.45. The minimum atomic E-state index is -0.173. The molecule has 1 aliphatic rings. The first-order chi connectivity index (χ1) is 8.74. The third-order valence-electron chi connectivity index (χ3n) is 3.61. The van der Waals surface area contributed by atoms with Gasteiger partial charge in [0.05, 0.1) is 0 Å². The van der Waals surface area contributed by atoms with Gasteiger partial charge in [-0.05, 0) is 42.7 Å². The fraction of sp³-hybridized carbons (Fsp3) is 0.250. The third-order valence-corrected chi connectivity index (χ3v) is 3.61. The van der Waals surface area contributed by atoms with Crippen molar-refractivity contribution in [3.63, 3.8) is 0 Å². The normalized spacial score (nSPS) is 17.9. The van der Waals surface area contributed by atoms with Crippen LogP contribution in [0.2, 0.25) is 0 Å². The largest absolute Gasteiger partial charge is 0.364 e. The zero-order valence-corrected chi connectivity index (χ0v) is 10.4. The number of hydrogen-bond acceptors (Lipinski definition) is 1. The fourth-order valence-corrected chi connectivity index (χ4v) is 2.66. The van der Waals surface area contributed by atoms with E-state index in [0.29, 0.717) is 6.04 Å². The summed E-state index contributed by atoms with van der Waals surface area (Å²) in [6.07, 6.45) is 1.09. The lowest BCUT2D eigenvalue weighted by Gasteiger charge is -2.25. The van der Waals surface area contributed by atoms with Crippen molar-refractivity contribution in [2.24, 2.45) is 0 Å². The van der Waals surface area contributed by atoms with Gasteiger partial charge < -0.3 is 4.90 Å². The monoisotopic (exact) mass is 241 g/mol. The van der Waals surface area contributed by atoms with Gasteiger partial charge in [0.2, 0.25) is 0 Å². The Morgan fingerprint density at radius 1 is 1.11 bits per heavy atom. The van der Waals surface area contributed by atoms with Gasteiger partial charge in [-0.25, -0.2) is 4.39 Å². The number of halogens is 1. The van der Waals surface area contributed by atoms with Crippen molar-refractivity contribution in [1.82, 2.24) is 0 Å². The van der Waals surface area contributed by atoms with E-state index < -0.39 is 0 Å². The average Bonchev–Trinajstić information content (AvgIpc) is 2.69. The number of anilines is 1. The topological polar surface area (TPSA) is 3.24 Å². The van der Waals surface area contributed by atoms with Crippen LogP contribution in [0.3, 0.4) is 0 Å². The van der Waals surface area contributed by atoms with E-state index in [-0.39, 0.29) is 5.82 Å². The number of rotatable bonds is 2. The highest BCUT2D eigenvalue weighted by Gasteiger charge is 2.25. The first kappa shape index (κ1) is 11.3. The molecule has 1 atom stereocenters. The molecule has 0 N–H and O–H groups in total. The Hall–Kier alpha value is -1.83. The lowest BCUT2D eigenvalue weighted by molar-refractivity contribution is 0.625. The highest BCUT2D eigenvalue weighted by Crippen LogP contribution is 2.32. The van der Waals surface area contributed by atoms with Gasteiger partial charge in [0.15, 0.2) is 0 Å². The molecule has 0 aliphatic carbocycles. The van der Waals surface area contributed by atoms with Gasteiger partial charge in [-0.15, -0.1) is 0 Å². The van der Waals surface area contributed by atoms with Crippen LogP contribution in [-0.2, 0) is 13.0 Å². The van der Waals surface area contributed by atoms with Gasteiger partial charge in [-0.3, -0.25) is 0 Å². The summed E-state index contributed by atoms with van der Waals surface area (Å²) in [6, 6.07) is 15.8. The Morgan fingerprint density at radius 3 is 2.61 bits per heavy atom. The van der Waals surface area contributed by atoms with Crippen LogP contribution >= 0.6 is 0 Å². The maximum Gasteiger partial charge on any atom is 0.123 e. The molecular weight excluding hydrogens is 225 g/mol. The highest BCUT2D eigenvalue weighted by molar-refractivity contribution is 5.59. The zero-order valence-electron chi connectivity index (χ0n) is 10.4. The zero-order chi connectivity index (χ0) is 12.5. The Labute approximate surface area is 107 Å². The van der Waals surface area contributed by atoms with E-state index in [1.165, 1.54) is 23.4 Å². The molecule has 1 nitrogen and oxygen atoms in total. The van der Waals surface area contributed by atoms with Gasteiger partial charge >= 0.3 is 0 Å². The Kier molecular flexibility index (Phi) is 2.78. The second-order valence-corrected chi connectivity index (χ2v) is 4.94. The molecule has 1 heterocycles. The van der Waals surface area contributed by atoms with Crippen molar-refractivity contribution in [1.29, 1.82) is 0 Å². The number of nitrogens with zero attached hydrogens (tertiary/aromatic N) is 1. The molecule has 0 aromatic heterocycles. The van der Waals surface area contributed by atoms with Crippen molar-refractivity contribution in [2.75, 3.05) is 4.90 Å². The SMILES string of the molecule is CC1Cc2ccccc2N1Cc1ccc(F)cc1. The van der Waals surface area contributed by atoms with Crippen LogP contribution in [0.1, 0.15) is 18.1 Å². The van der Waals surface area contributed by atoms with E-state index in [2.05, 4.69) is 36.1 Å². The van der Waals surface area contributed by atoms with Crippen LogP contribution in [0, 0.1) is 5.82 Å². The summed E-state index contributed by atoms with van der Waals surface area (Å²) in [5.74, 6) is -0.173. The molecule has 0 fully saturated rings. The molecule has 1 aliphatic heterocycles. The summed E-state index contributed by atoms with van der Waals surface area (Å²) < 4.78 is 12.9. The van der Waals surface area contributed by atoms with E-state index in [1.807, 2.05) is 12.1 Å². The summed E-state index contributed by atoms with van der Waals surface area (Å²) in [5, 5.41) is 0. The van der Waals surface area contributed by atoms with E-state index in [9.17, 15) is 4.39 Å². The molecule has 0 bridgehead atoms. The molecule has 0 amide bonds. The summed E-state index contributed by atoms with van der Waals surface area (Å²) >= 11 is 0. The quantitative estimate of drug-likeness (QED) is 0.773. The summed E-state index contributed by atoms with van der Waals surface area (Å²) in [4.78, 5) is 2.39. The lowest BCUT2D eigenvalue weighted by atomic mass is 10.1. The Morgan fingerprint density at radius 2 is 1.83 bits per heavy atom. The van der Waals surface area contributed by atoms with Crippen LogP contribution in [-0.4, -0.2) is 6.04 Å². The lowest BCUT2D eigenvalue weighted by Crippen LogP contribution is -2.28. The Balaban J connectivity index is 1.87. The smallest absolute Gasteiger partial charge is 0.123 e. The summed E-state index contributed by atoms with van der Waals surface area (Å²) in [5.41, 5.74) is 3.88. The first-order valence-corrected chi connectivity index (χ1v) is 6.33. The van der Waals surface area contributed by atoms with Crippen LogP contribution in [0.5, 0.6) is 0 Å². The molecule has 2 aromatic rings. The van der Waals surface area contributed by atoms with Gasteiger partial charge in [-0.1, -0.05) is 30.3 Å². The van der Waals surface area contributed by atoms with Gasteiger partial charge in [0, 0.05) is 18.3 Å². The maximum absolute atomic E-state index is 12.9. The van der Waals surface area contributed by atoms with E-state index in [1.54, 1.807) is 0 Å². The number of benzene rings is 2. The first-order valence-electron chi connectivity index (χ1n) is 6.33. The van der Waals surface area contributed by atoms with Crippen molar-refractivity contribution in [2.45, 2.75) is 25.9 Å². The molecule has 0 spiro atoms. The molecule has 2 heteroatoms. The van der Waals surface area contributed by atoms with Crippen molar-refractivity contribution in [3.8, 4) is 0 Å². The Bertz CT molecular complexity index is 547. The predicted octanol–water partition coefficient (Wildman–Crippen LogP) is 3.78. The summed E-state index contributed by atoms with van der Waals surface area (Å²) in [6.45, 7) is 3.09. The number of para-hydroxylation sites is 1. The van der Waals surface area contributed by atoms with Gasteiger partial charge in [-0.2, -0.15) is 0 Å². The van der Waals surface area contributed by atoms with Crippen molar-refractivity contribution in [3.05, 3.63) is 65.5 Å².